The summed E-state index contributed by atoms with van der Waals surface area (Å²) in [6, 6.07) is 7.35. The molecule has 0 spiro atoms. The lowest BCUT2D eigenvalue weighted by Gasteiger charge is -2.14. The highest BCUT2D eigenvalue weighted by Gasteiger charge is 2.16. The van der Waals surface area contributed by atoms with Gasteiger partial charge in [-0.25, -0.2) is 0 Å². The third-order valence-electron chi connectivity index (χ3n) is 4.16. The van der Waals surface area contributed by atoms with Gasteiger partial charge in [-0.2, -0.15) is 4.98 Å². The Bertz CT molecular complexity index is 951. The van der Waals surface area contributed by atoms with Crippen molar-refractivity contribution in [1.82, 2.24) is 15.1 Å². The van der Waals surface area contributed by atoms with E-state index in [1.807, 2.05) is 39.0 Å². The minimum atomic E-state index is -0.966. The number of rotatable bonds is 7. The van der Waals surface area contributed by atoms with E-state index in [4.69, 9.17) is 26.0 Å². The first-order valence-electron chi connectivity index (χ1n) is 8.95. The van der Waals surface area contributed by atoms with E-state index in [0.717, 1.165) is 28.9 Å². The maximum atomic E-state index is 9.45. The number of nitrogens with zero attached hydrogens (tertiary/aromatic N) is 3. The molecule has 0 aliphatic carbocycles. The zero-order valence-corrected chi connectivity index (χ0v) is 16.7. The van der Waals surface area contributed by atoms with Crippen molar-refractivity contribution in [2.24, 2.45) is 0 Å². The molecular weight excluding hydrogens is 382 g/mol. The Morgan fingerprint density at radius 3 is 2.61 bits per heavy atom. The van der Waals surface area contributed by atoms with Crippen LogP contribution in [0.25, 0.3) is 22.8 Å². The Kier molecular flexibility index (Phi) is 6.28. The summed E-state index contributed by atoms with van der Waals surface area (Å²) >= 11 is 6.33. The van der Waals surface area contributed by atoms with E-state index in [1.54, 1.807) is 6.07 Å². The normalized spacial score (nSPS) is 12.2. The van der Waals surface area contributed by atoms with Crippen LogP contribution in [0, 0.1) is 13.8 Å². The molecule has 0 saturated carbocycles. The van der Waals surface area contributed by atoms with Crippen molar-refractivity contribution in [1.29, 1.82) is 0 Å². The number of aliphatic hydroxyl groups is 2. The molecule has 0 aliphatic rings. The van der Waals surface area contributed by atoms with Crippen LogP contribution in [0.2, 0.25) is 5.02 Å². The number of aromatic nitrogens is 3. The fraction of sp³-hybridized carbons (Fsp3) is 0.350. The molecule has 0 saturated heterocycles. The number of benzene rings is 1. The quantitative estimate of drug-likeness (QED) is 0.623. The average molecular weight is 404 g/mol. The molecule has 0 unspecified atom stereocenters. The van der Waals surface area contributed by atoms with Crippen molar-refractivity contribution in [3.05, 3.63) is 46.2 Å². The molecule has 1 atom stereocenters. The van der Waals surface area contributed by atoms with Gasteiger partial charge in [-0.1, -0.05) is 23.7 Å². The van der Waals surface area contributed by atoms with Gasteiger partial charge < -0.3 is 19.5 Å². The van der Waals surface area contributed by atoms with Gasteiger partial charge in [0.2, 0.25) is 5.82 Å². The van der Waals surface area contributed by atoms with E-state index in [9.17, 15) is 5.11 Å². The first-order chi connectivity index (χ1) is 13.4. The number of aryl methyl sites for hydroxylation is 3. The summed E-state index contributed by atoms with van der Waals surface area (Å²) in [4.78, 5) is 8.95. The molecule has 148 valence electrons. The second-order valence-corrected chi connectivity index (χ2v) is 6.92. The molecule has 3 rings (SSSR count). The van der Waals surface area contributed by atoms with Gasteiger partial charge in [-0.05, 0) is 50.1 Å². The molecule has 0 radical (unpaired) electrons. The monoisotopic (exact) mass is 403 g/mol. The summed E-state index contributed by atoms with van der Waals surface area (Å²) in [5.41, 5.74) is 4.12. The minimum Gasteiger partial charge on any atom is -0.489 e. The Morgan fingerprint density at radius 1 is 1.14 bits per heavy atom. The van der Waals surface area contributed by atoms with Crippen LogP contribution in [-0.4, -0.2) is 44.7 Å². The average Bonchev–Trinajstić information content (AvgIpc) is 3.16. The molecule has 0 amide bonds. The minimum absolute atomic E-state index is 0.0517. The van der Waals surface area contributed by atoms with Crippen molar-refractivity contribution >= 4 is 11.6 Å². The highest BCUT2D eigenvalue weighted by molar-refractivity contribution is 6.32. The summed E-state index contributed by atoms with van der Waals surface area (Å²) in [5.74, 6) is 1.27. The van der Waals surface area contributed by atoms with Crippen molar-refractivity contribution in [3.8, 4) is 28.6 Å². The predicted octanol–water partition coefficient (Wildman–Crippen LogP) is 3.36. The molecule has 1 aromatic carbocycles. The second-order valence-electron chi connectivity index (χ2n) is 6.52. The van der Waals surface area contributed by atoms with Crippen LogP contribution in [0.3, 0.4) is 0 Å². The molecule has 2 N–H and O–H groups in total. The van der Waals surface area contributed by atoms with Gasteiger partial charge in [0.05, 0.1) is 11.6 Å². The van der Waals surface area contributed by atoms with Gasteiger partial charge in [-0.3, -0.25) is 4.98 Å². The van der Waals surface area contributed by atoms with Crippen LogP contribution >= 0.6 is 11.6 Å². The topological polar surface area (TPSA) is 102 Å². The molecule has 0 aliphatic heterocycles. The van der Waals surface area contributed by atoms with E-state index in [0.29, 0.717) is 28.1 Å². The van der Waals surface area contributed by atoms with Crippen LogP contribution in [0.4, 0.5) is 0 Å². The zero-order chi connectivity index (χ0) is 20.3. The Morgan fingerprint density at radius 2 is 1.93 bits per heavy atom. The van der Waals surface area contributed by atoms with Crippen LogP contribution < -0.4 is 4.74 Å². The van der Waals surface area contributed by atoms with E-state index < -0.39 is 6.10 Å². The fourth-order valence-corrected chi connectivity index (χ4v) is 3.10. The largest absolute Gasteiger partial charge is 0.489 e. The summed E-state index contributed by atoms with van der Waals surface area (Å²) < 4.78 is 11.0. The summed E-state index contributed by atoms with van der Waals surface area (Å²) in [6.07, 6.45) is -0.150. The predicted molar refractivity (Wildman–Crippen MR) is 105 cm³/mol. The maximum absolute atomic E-state index is 9.45. The lowest BCUT2D eigenvalue weighted by molar-refractivity contribution is 0.0534. The highest BCUT2D eigenvalue weighted by atomic mass is 35.5. The highest BCUT2D eigenvalue weighted by Crippen LogP contribution is 2.34. The summed E-state index contributed by atoms with van der Waals surface area (Å²) in [6.45, 7) is 5.36. The van der Waals surface area contributed by atoms with E-state index >= 15 is 0 Å². The SMILES string of the molecule is CCc1cc(-c2nc(-c3cc(C)c(OC[C@H](O)CO)c(Cl)c3)no2)cc(C)n1. The van der Waals surface area contributed by atoms with Crippen molar-refractivity contribution in [2.45, 2.75) is 33.3 Å². The van der Waals surface area contributed by atoms with Gasteiger partial charge >= 0.3 is 0 Å². The lowest BCUT2D eigenvalue weighted by Crippen LogP contribution is -2.21. The number of hydrogen-bond acceptors (Lipinski definition) is 7. The van der Waals surface area contributed by atoms with Crippen molar-refractivity contribution in [3.63, 3.8) is 0 Å². The van der Waals surface area contributed by atoms with Crippen LogP contribution in [0.5, 0.6) is 5.75 Å². The van der Waals surface area contributed by atoms with Gasteiger partial charge in [0.25, 0.3) is 5.89 Å². The molecule has 7 nitrogen and oxygen atoms in total. The van der Waals surface area contributed by atoms with E-state index in [1.165, 1.54) is 0 Å². The van der Waals surface area contributed by atoms with Gasteiger partial charge in [0.15, 0.2) is 0 Å². The van der Waals surface area contributed by atoms with Gasteiger partial charge in [-0.15, -0.1) is 0 Å². The molecular formula is C20H22ClN3O4. The number of pyridine rings is 1. The first-order valence-corrected chi connectivity index (χ1v) is 9.33. The second kappa shape index (κ2) is 8.68. The van der Waals surface area contributed by atoms with Crippen molar-refractivity contribution < 1.29 is 19.5 Å². The number of aliphatic hydroxyl groups excluding tert-OH is 2. The van der Waals surface area contributed by atoms with E-state index in [-0.39, 0.29) is 13.2 Å². The Hall–Kier alpha value is -2.48. The fourth-order valence-electron chi connectivity index (χ4n) is 2.77. The third kappa shape index (κ3) is 4.49. The Balaban J connectivity index is 1.88. The molecule has 0 bridgehead atoms. The molecule has 2 aromatic heterocycles. The molecule has 0 fully saturated rings. The molecule has 8 heteroatoms. The first kappa shape index (κ1) is 20.3. The van der Waals surface area contributed by atoms with Crippen LogP contribution in [0.15, 0.2) is 28.8 Å². The molecule has 2 heterocycles. The number of hydrogen-bond donors (Lipinski definition) is 2. The van der Waals surface area contributed by atoms with Crippen LogP contribution in [0.1, 0.15) is 23.9 Å². The van der Waals surface area contributed by atoms with Crippen molar-refractivity contribution in [2.75, 3.05) is 13.2 Å². The molecule has 3 aromatic rings. The molecule has 28 heavy (non-hydrogen) atoms. The van der Waals surface area contributed by atoms with E-state index in [2.05, 4.69) is 15.1 Å². The van der Waals surface area contributed by atoms with Crippen LogP contribution in [-0.2, 0) is 6.42 Å². The Labute approximate surface area is 168 Å². The third-order valence-corrected chi connectivity index (χ3v) is 4.44. The van der Waals surface area contributed by atoms with Gasteiger partial charge in [0, 0.05) is 22.5 Å². The number of ether oxygens (including phenoxy) is 1. The standard InChI is InChI=1S/C20H22ClN3O4/c1-4-15-7-14(6-12(3)22-15)20-23-19(24-28-20)13-5-11(2)18(17(21)8-13)27-10-16(26)9-25/h5-8,16,25-26H,4,9-10H2,1-3H3/t16-/m1/s1. The summed E-state index contributed by atoms with van der Waals surface area (Å²) in [5, 5.41) is 22.8. The smallest absolute Gasteiger partial charge is 0.258 e. The summed E-state index contributed by atoms with van der Waals surface area (Å²) in [7, 11) is 0. The zero-order valence-electron chi connectivity index (χ0n) is 15.9. The van der Waals surface area contributed by atoms with Gasteiger partial charge in [0.1, 0.15) is 18.5 Å². The lowest BCUT2D eigenvalue weighted by atomic mass is 10.1. The number of halogens is 1. The maximum Gasteiger partial charge on any atom is 0.258 e.